The second kappa shape index (κ2) is 5.54. The smallest absolute Gasteiger partial charge is 0.0406 e. The summed E-state index contributed by atoms with van der Waals surface area (Å²) in [6, 6.07) is 7.00. The lowest BCUT2D eigenvalue weighted by atomic mass is 9.79. The first-order valence-corrected chi connectivity index (χ1v) is 7.60. The third-order valence-electron chi connectivity index (χ3n) is 4.35. The fourth-order valence-electron chi connectivity index (χ4n) is 3.52. The molecule has 2 nitrogen and oxygen atoms in total. The Balaban J connectivity index is 2.36. The molecular formula is C17H28N2. The molecule has 106 valence electrons. The Labute approximate surface area is 118 Å². The molecule has 1 atom stereocenters. The zero-order chi connectivity index (χ0) is 14.0. The van der Waals surface area contributed by atoms with Gasteiger partial charge in [-0.1, -0.05) is 26.0 Å². The van der Waals surface area contributed by atoms with Crippen molar-refractivity contribution >= 4 is 5.69 Å². The van der Waals surface area contributed by atoms with Crippen LogP contribution in [0, 0.1) is 0 Å². The third kappa shape index (κ3) is 2.79. The molecular weight excluding hydrogens is 232 g/mol. The average molecular weight is 260 g/mol. The zero-order valence-electron chi connectivity index (χ0n) is 13.1. The van der Waals surface area contributed by atoms with Crippen molar-refractivity contribution in [1.29, 1.82) is 0 Å². The highest BCUT2D eigenvalue weighted by Gasteiger charge is 2.35. The third-order valence-corrected chi connectivity index (χ3v) is 4.35. The highest BCUT2D eigenvalue weighted by molar-refractivity contribution is 5.60. The van der Waals surface area contributed by atoms with Crippen LogP contribution in [0.1, 0.15) is 58.1 Å². The molecule has 0 bridgehead atoms. The predicted molar refractivity (Wildman–Crippen MR) is 84.0 cm³/mol. The second-order valence-corrected chi connectivity index (χ2v) is 6.34. The summed E-state index contributed by atoms with van der Waals surface area (Å²) < 4.78 is 0. The number of fused-ring (bicyclic) bond motifs is 1. The maximum atomic E-state index is 3.41. The Morgan fingerprint density at radius 1 is 1.32 bits per heavy atom. The number of nitrogens with zero attached hydrogens (tertiary/aromatic N) is 1. The van der Waals surface area contributed by atoms with E-state index in [4.69, 9.17) is 0 Å². The maximum Gasteiger partial charge on any atom is 0.0406 e. The molecule has 0 aromatic heterocycles. The van der Waals surface area contributed by atoms with Gasteiger partial charge in [-0.3, -0.25) is 0 Å². The van der Waals surface area contributed by atoms with Crippen molar-refractivity contribution in [1.82, 2.24) is 5.32 Å². The molecule has 0 saturated heterocycles. The molecule has 0 fully saturated rings. The van der Waals surface area contributed by atoms with Gasteiger partial charge in [0.15, 0.2) is 0 Å². The van der Waals surface area contributed by atoms with E-state index in [2.05, 4.69) is 63.0 Å². The van der Waals surface area contributed by atoms with Gasteiger partial charge in [0.2, 0.25) is 0 Å². The van der Waals surface area contributed by atoms with Gasteiger partial charge >= 0.3 is 0 Å². The van der Waals surface area contributed by atoms with E-state index in [1.807, 2.05) is 0 Å². The normalized spacial score (nSPS) is 21.3. The minimum absolute atomic E-state index is 0.268. The molecule has 2 rings (SSSR count). The van der Waals surface area contributed by atoms with Crippen LogP contribution in [-0.2, 0) is 6.54 Å². The molecule has 0 spiro atoms. The fraction of sp³-hybridized carbons (Fsp3) is 0.647. The van der Waals surface area contributed by atoms with E-state index in [0.717, 1.165) is 19.6 Å². The molecule has 1 heterocycles. The minimum atomic E-state index is 0.268. The van der Waals surface area contributed by atoms with Crippen LogP contribution < -0.4 is 10.2 Å². The molecule has 2 heteroatoms. The van der Waals surface area contributed by atoms with E-state index in [1.165, 1.54) is 23.2 Å². The van der Waals surface area contributed by atoms with Crippen molar-refractivity contribution in [3.05, 3.63) is 29.3 Å². The molecule has 1 aromatic carbocycles. The largest absolute Gasteiger partial charge is 0.366 e. The maximum absolute atomic E-state index is 3.41. The monoisotopic (exact) mass is 260 g/mol. The summed E-state index contributed by atoms with van der Waals surface area (Å²) in [5.74, 6) is 0.648. The summed E-state index contributed by atoms with van der Waals surface area (Å²) in [6.07, 6.45) is 1.23. The Bertz CT molecular complexity index is 437. The van der Waals surface area contributed by atoms with Crippen LogP contribution in [0.4, 0.5) is 5.69 Å². The molecule has 1 aliphatic heterocycles. The lowest BCUT2D eigenvalue weighted by molar-refractivity contribution is 0.381. The molecule has 19 heavy (non-hydrogen) atoms. The van der Waals surface area contributed by atoms with Crippen molar-refractivity contribution in [2.24, 2.45) is 0 Å². The van der Waals surface area contributed by atoms with Gasteiger partial charge in [-0.05, 0) is 56.8 Å². The lowest BCUT2D eigenvalue weighted by Gasteiger charge is -2.47. The van der Waals surface area contributed by atoms with Gasteiger partial charge in [0, 0.05) is 24.3 Å². The SMILES string of the molecule is CCNCc1ccc2c(c1)[C@@H](C)CC(C)(C)N2CC. The second-order valence-electron chi connectivity index (χ2n) is 6.34. The van der Waals surface area contributed by atoms with Gasteiger partial charge in [-0.2, -0.15) is 0 Å². The van der Waals surface area contributed by atoms with Crippen molar-refractivity contribution in [3.8, 4) is 0 Å². The van der Waals surface area contributed by atoms with Crippen LogP contribution >= 0.6 is 0 Å². The summed E-state index contributed by atoms with van der Waals surface area (Å²) >= 11 is 0. The Hall–Kier alpha value is -1.02. The van der Waals surface area contributed by atoms with E-state index in [0.29, 0.717) is 5.92 Å². The van der Waals surface area contributed by atoms with E-state index in [1.54, 1.807) is 0 Å². The van der Waals surface area contributed by atoms with Crippen molar-refractivity contribution in [2.75, 3.05) is 18.0 Å². The first-order chi connectivity index (χ1) is 8.99. The number of hydrogen-bond acceptors (Lipinski definition) is 2. The topological polar surface area (TPSA) is 15.3 Å². The number of anilines is 1. The first kappa shape index (κ1) is 14.4. The van der Waals surface area contributed by atoms with Gasteiger partial charge in [0.05, 0.1) is 0 Å². The fourth-order valence-corrected chi connectivity index (χ4v) is 3.52. The predicted octanol–water partition coefficient (Wildman–Crippen LogP) is 3.91. The Kier molecular flexibility index (Phi) is 4.19. The van der Waals surface area contributed by atoms with Gasteiger partial charge in [-0.25, -0.2) is 0 Å². The summed E-state index contributed by atoms with van der Waals surface area (Å²) in [4.78, 5) is 2.55. The van der Waals surface area contributed by atoms with E-state index < -0.39 is 0 Å². The van der Waals surface area contributed by atoms with E-state index >= 15 is 0 Å². The van der Waals surface area contributed by atoms with Crippen LogP contribution in [-0.4, -0.2) is 18.6 Å². The highest BCUT2D eigenvalue weighted by Crippen LogP contribution is 2.43. The van der Waals surface area contributed by atoms with Crippen LogP contribution in [0.3, 0.4) is 0 Å². The Morgan fingerprint density at radius 3 is 2.68 bits per heavy atom. The number of rotatable bonds is 4. The summed E-state index contributed by atoms with van der Waals surface area (Å²) in [7, 11) is 0. The van der Waals surface area contributed by atoms with Gasteiger partial charge in [0.1, 0.15) is 0 Å². The molecule has 0 radical (unpaired) electrons. The number of benzene rings is 1. The average Bonchev–Trinajstić information content (AvgIpc) is 2.36. The molecule has 0 unspecified atom stereocenters. The van der Waals surface area contributed by atoms with Crippen molar-refractivity contribution < 1.29 is 0 Å². The number of hydrogen-bond donors (Lipinski definition) is 1. The van der Waals surface area contributed by atoms with Crippen LogP contribution in [0.5, 0.6) is 0 Å². The molecule has 0 saturated carbocycles. The van der Waals surface area contributed by atoms with Gasteiger partial charge in [0.25, 0.3) is 0 Å². The summed E-state index contributed by atoms with van der Waals surface area (Å²) in [6.45, 7) is 14.6. The summed E-state index contributed by atoms with van der Waals surface area (Å²) in [5, 5.41) is 3.41. The van der Waals surface area contributed by atoms with Crippen LogP contribution in [0.25, 0.3) is 0 Å². The zero-order valence-corrected chi connectivity index (χ0v) is 13.1. The van der Waals surface area contributed by atoms with Crippen molar-refractivity contribution in [2.45, 2.75) is 59.0 Å². The molecule has 0 aliphatic carbocycles. The first-order valence-electron chi connectivity index (χ1n) is 7.60. The molecule has 1 aromatic rings. The van der Waals surface area contributed by atoms with Gasteiger partial charge < -0.3 is 10.2 Å². The molecule has 1 aliphatic rings. The highest BCUT2D eigenvalue weighted by atomic mass is 15.2. The van der Waals surface area contributed by atoms with Crippen LogP contribution in [0.15, 0.2) is 18.2 Å². The Morgan fingerprint density at radius 2 is 2.05 bits per heavy atom. The molecule has 1 N–H and O–H groups in total. The number of nitrogens with one attached hydrogen (secondary N) is 1. The summed E-state index contributed by atoms with van der Waals surface area (Å²) in [5.41, 5.74) is 4.64. The quantitative estimate of drug-likeness (QED) is 0.883. The van der Waals surface area contributed by atoms with Crippen molar-refractivity contribution in [3.63, 3.8) is 0 Å². The van der Waals surface area contributed by atoms with E-state index in [9.17, 15) is 0 Å². The van der Waals surface area contributed by atoms with Gasteiger partial charge in [-0.15, -0.1) is 0 Å². The van der Waals surface area contributed by atoms with Crippen LogP contribution in [0.2, 0.25) is 0 Å². The standard InChI is InChI=1S/C17H28N2/c1-6-18-12-14-8-9-16-15(10-14)13(3)11-17(4,5)19(16)7-2/h8-10,13,18H,6-7,11-12H2,1-5H3/t13-/m0/s1. The minimum Gasteiger partial charge on any atom is -0.366 e. The lowest BCUT2D eigenvalue weighted by Crippen LogP contribution is -2.48. The molecule has 0 amide bonds. The van der Waals surface area contributed by atoms with E-state index in [-0.39, 0.29) is 5.54 Å².